The molecule has 0 amide bonds. The van der Waals surface area contributed by atoms with E-state index in [0.717, 1.165) is 27.3 Å². The molecule has 0 radical (unpaired) electrons. The molecular weight excluding hydrogens is 238 g/mol. The molecule has 0 aliphatic carbocycles. The van der Waals surface area contributed by atoms with Crippen LogP contribution >= 0.6 is 11.3 Å². The highest BCUT2D eigenvalue weighted by atomic mass is 32.1. The summed E-state index contributed by atoms with van der Waals surface area (Å²) in [4.78, 5) is 11.0. The maximum Gasteiger partial charge on any atom is 0.324 e. The van der Waals surface area contributed by atoms with Crippen molar-refractivity contribution in [3.05, 3.63) is 52.1 Å². The second kappa shape index (κ2) is 4.65. The summed E-state index contributed by atoms with van der Waals surface area (Å²) in [6.45, 7) is 1.70. The lowest BCUT2D eigenvalue weighted by Crippen LogP contribution is -1.89. The van der Waals surface area contributed by atoms with Crippen molar-refractivity contribution in [2.24, 2.45) is 0 Å². The van der Waals surface area contributed by atoms with E-state index in [4.69, 9.17) is 0 Å². The summed E-state index contributed by atoms with van der Waals surface area (Å²) in [7, 11) is 0. The third kappa shape index (κ3) is 2.51. The summed E-state index contributed by atoms with van der Waals surface area (Å²) in [5.74, 6) is 0. The number of nitro groups is 1. The quantitative estimate of drug-likeness (QED) is 0.670. The Morgan fingerprint density at radius 1 is 1.24 bits per heavy atom. The van der Waals surface area contributed by atoms with Crippen molar-refractivity contribution in [1.82, 2.24) is 0 Å². The van der Waals surface area contributed by atoms with Crippen LogP contribution in [-0.4, -0.2) is 10.0 Å². The number of hydrogen-bond donors (Lipinski definition) is 1. The summed E-state index contributed by atoms with van der Waals surface area (Å²) < 4.78 is 0. The molecule has 2 aromatic rings. The van der Waals surface area contributed by atoms with Crippen LogP contribution in [-0.2, 0) is 0 Å². The van der Waals surface area contributed by atoms with Gasteiger partial charge in [-0.3, -0.25) is 10.1 Å². The van der Waals surface area contributed by atoms with E-state index in [-0.39, 0.29) is 5.00 Å². The van der Waals surface area contributed by atoms with Crippen molar-refractivity contribution in [3.8, 4) is 10.4 Å². The monoisotopic (exact) mass is 249 g/mol. The number of nitrogens with zero attached hydrogens (tertiary/aromatic N) is 1. The molecule has 5 heteroatoms. The van der Waals surface area contributed by atoms with Gasteiger partial charge in [-0.1, -0.05) is 35.6 Å². The van der Waals surface area contributed by atoms with Crippen molar-refractivity contribution in [1.29, 1.82) is 0 Å². The van der Waals surface area contributed by atoms with Gasteiger partial charge in [0.05, 0.1) is 11.0 Å². The zero-order valence-corrected chi connectivity index (χ0v) is 9.98. The molecule has 0 aliphatic heterocycles. The Labute approximate surface area is 102 Å². The van der Waals surface area contributed by atoms with Crippen LogP contribution in [0.5, 0.6) is 0 Å². The molecule has 0 bridgehead atoms. The van der Waals surface area contributed by atoms with Crippen LogP contribution in [0.3, 0.4) is 0 Å². The van der Waals surface area contributed by atoms with E-state index in [2.05, 4.69) is 0 Å². The van der Waals surface area contributed by atoms with Gasteiger partial charge in [0.2, 0.25) is 0 Å². The van der Waals surface area contributed by atoms with Gasteiger partial charge in [-0.05, 0) is 24.1 Å². The normalized spacial score (nSPS) is 12.4. The number of aliphatic hydroxyl groups is 1. The van der Waals surface area contributed by atoms with Gasteiger partial charge in [0, 0.05) is 10.9 Å². The van der Waals surface area contributed by atoms with Gasteiger partial charge < -0.3 is 5.11 Å². The molecule has 1 unspecified atom stereocenters. The first-order valence-electron chi connectivity index (χ1n) is 5.10. The van der Waals surface area contributed by atoms with Gasteiger partial charge in [-0.25, -0.2) is 0 Å². The van der Waals surface area contributed by atoms with Crippen LogP contribution in [0.2, 0.25) is 0 Å². The van der Waals surface area contributed by atoms with E-state index in [1.165, 1.54) is 6.07 Å². The Kier molecular flexibility index (Phi) is 3.21. The molecule has 1 heterocycles. The lowest BCUT2D eigenvalue weighted by molar-refractivity contribution is -0.380. The Bertz CT molecular complexity index is 531. The number of thiophene rings is 1. The molecule has 0 fully saturated rings. The molecule has 0 saturated carbocycles. The van der Waals surface area contributed by atoms with Crippen LogP contribution in [0.15, 0.2) is 36.4 Å². The van der Waals surface area contributed by atoms with E-state index in [9.17, 15) is 15.2 Å². The van der Waals surface area contributed by atoms with Crippen LogP contribution in [0.1, 0.15) is 18.6 Å². The lowest BCUT2D eigenvalue weighted by Gasteiger charge is -2.04. The summed E-state index contributed by atoms with van der Waals surface area (Å²) >= 11 is 1.15. The third-order valence-corrected chi connectivity index (χ3v) is 3.54. The standard InChI is InChI=1S/C12H11NO3S/c1-8(14)9-2-4-10(5-3-9)11-6-7-12(17-11)13(15)16/h2-8,14H,1H3. The molecule has 0 saturated heterocycles. The topological polar surface area (TPSA) is 63.4 Å². The second-order valence-electron chi connectivity index (χ2n) is 3.69. The van der Waals surface area contributed by atoms with E-state index in [1.54, 1.807) is 13.0 Å². The zero-order valence-electron chi connectivity index (χ0n) is 9.16. The molecule has 0 spiro atoms. The summed E-state index contributed by atoms with van der Waals surface area (Å²) in [5.41, 5.74) is 1.76. The summed E-state index contributed by atoms with van der Waals surface area (Å²) in [5, 5.41) is 20.1. The molecule has 1 atom stereocenters. The van der Waals surface area contributed by atoms with Crippen LogP contribution < -0.4 is 0 Å². The average molecular weight is 249 g/mol. The van der Waals surface area contributed by atoms with Gasteiger partial charge in [0.25, 0.3) is 0 Å². The highest BCUT2D eigenvalue weighted by molar-refractivity contribution is 7.18. The number of rotatable bonds is 3. The summed E-state index contributed by atoms with van der Waals surface area (Å²) in [6.07, 6.45) is -0.498. The minimum absolute atomic E-state index is 0.139. The molecule has 17 heavy (non-hydrogen) atoms. The fourth-order valence-electron chi connectivity index (χ4n) is 1.51. The largest absolute Gasteiger partial charge is 0.389 e. The van der Waals surface area contributed by atoms with Crippen LogP contribution in [0, 0.1) is 10.1 Å². The lowest BCUT2D eigenvalue weighted by atomic mass is 10.1. The summed E-state index contributed by atoms with van der Waals surface area (Å²) in [6, 6.07) is 10.6. The zero-order chi connectivity index (χ0) is 12.4. The predicted octanol–water partition coefficient (Wildman–Crippen LogP) is 3.38. The average Bonchev–Trinajstić information content (AvgIpc) is 2.78. The van der Waals surface area contributed by atoms with Crippen molar-refractivity contribution < 1.29 is 10.0 Å². The molecule has 4 nitrogen and oxygen atoms in total. The second-order valence-corrected chi connectivity index (χ2v) is 4.76. The van der Waals surface area contributed by atoms with E-state index < -0.39 is 11.0 Å². The Hall–Kier alpha value is -1.72. The SMILES string of the molecule is CC(O)c1ccc(-c2ccc([N+](=O)[O-])s2)cc1. The first kappa shape index (κ1) is 11.8. The molecule has 1 aromatic heterocycles. The molecule has 0 aliphatic rings. The van der Waals surface area contributed by atoms with Gasteiger partial charge >= 0.3 is 5.00 Å². The van der Waals surface area contributed by atoms with Crippen molar-refractivity contribution >= 4 is 16.3 Å². The molecule has 1 N–H and O–H groups in total. The van der Waals surface area contributed by atoms with Crippen molar-refractivity contribution in [2.45, 2.75) is 13.0 Å². The number of aliphatic hydroxyl groups excluding tert-OH is 1. The molecular formula is C12H11NO3S. The first-order chi connectivity index (χ1) is 8.08. The van der Waals surface area contributed by atoms with E-state index in [1.807, 2.05) is 24.3 Å². The highest BCUT2D eigenvalue weighted by Gasteiger charge is 2.11. The Morgan fingerprint density at radius 2 is 1.88 bits per heavy atom. The van der Waals surface area contributed by atoms with Crippen LogP contribution in [0.25, 0.3) is 10.4 Å². The van der Waals surface area contributed by atoms with E-state index in [0.29, 0.717) is 0 Å². The number of hydrogen-bond acceptors (Lipinski definition) is 4. The minimum Gasteiger partial charge on any atom is -0.389 e. The first-order valence-corrected chi connectivity index (χ1v) is 5.92. The minimum atomic E-state index is -0.498. The maximum atomic E-state index is 10.6. The Balaban J connectivity index is 2.30. The smallest absolute Gasteiger partial charge is 0.324 e. The van der Waals surface area contributed by atoms with Crippen molar-refractivity contribution in [3.63, 3.8) is 0 Å². The third-order valence-electron chi connectivity index (χ3n) is 2.45. The molecule has 88 valence electrons. The number of benzene rings is 1. The van der Waals surface area contributed by atoms with Crippen LogP contribution in [0.4, 0.5) is 5.00 Å². The van der Waals surface area contributed by atoms with Gasteiger partial charge in [-0.2, -0.15) is 0 Å². The fourth-order valence-corrected chi connectivity index (χ4v) is 2.33. The molecule has 1 aromatic carbocycles. The Morgan fingerprint density at radius 3 is 2.35 bits per heavy atom. The van der Waals surface area contributed by atoms with Gasteiger partial charge in [0.15, 0.2) is 0 Å². The maximum absolute atomic E-state index is 10.6. The predicted molar refractivity (Wildman–Crippen MR) is 67.0 cm³/mol. The van der Waals surface area contributed by atoms with Gasteiger partial charge in [0.1, 0.15) is 0 Å². The van der Waals surface area contributed by atoms with E-state index >= 15 is 0 Å². The molecule has 2 rings (SSSR count). The van der Waals surface area contributed by atoms with Gasteiger partial charge in [-0.15, -0.1) is 0 Å². The fraction of sp³-hybridized carbons (Fsp3) is 0.167. The van der Waals surface area contributed by atoms with Crippen molar-refractivity contribution in [2.75, 3.05) is 0 Å². The highest BCUT2D eigenvalue weighted by Crippen LogP contribution is 2.32.